The van der Waals surface area contributed by atoms with Crippen LogP contribution in [0.3, 0.4) is 0 Å². The van der Waals surface area contributed by atoms with Crippen molar-refractivity contribution in [1.29, 1.82) is 0 Å². The summed E-state index contributed by atoms with van der Waals surface area (Å²) in [5, 5.41) is 4.84. The highest BCUT2D eigenvalue weighted by molar-refractivity contribution is 7.10. The summed E-state index contributed by atoms with van der Waals surface area (Å²) < 4.78 is 1.39. The van der Waals surface area contributed by atoms with Crippen LogP contribution < -0.4 is 10.9 Å². The van der Waals surface area contributed by atoms with Gasteiger partial charge in [0.2, 0.25) is 5.91 Å². The fraction of sp³-hybridized carbons (Fsp3) is 0.231. The SMILES string of the molecule is C[C@H](NC(=O)Cn1ccccc1=O)c1cccs1. The van der Waals surface area contributed by atoms with Gasteiger partial charge in [-0.25, -0.2) is 0 Å². The van der Waals surface area contributed by atoms with E-state index < -0.39 is 0 Å². The number of amides is 1. The second kappa shape index (κ2) is 5.64. The van der Waals surface area contributed by atoms with E-state index in [1.54, 1.807) is 29.7 Å². The molecule has 2 heterocycles. The Morgan fingerprint density at radius 1 is 1.39 bits per heavy atom. The molecule has 2 aromatic rings. The summed E-state index contributed by atoms with van der Waals surface area (Å²) in [6.07, 6.45) is 1.61. The summed E-state index contributed by atoms with van der Waals surface area (Å²) in [5.41, 5.74) is -0.170. The Morgan fingerprint density at radius 3 is 2.89 bits per heavy atom. The van der Waals surface area contributed by atoms with Crippen molar-refractivity contribution in [2.75, 3.05) is 0 Å². The van der Waals surface area contributed by atoms with Crippen molar-refractivity contribution in [3.05, 3.63) is 57.1 Å². The number of hydrogen-bond donors (Lipinski definition) is 1. The molecule has 0 bridgehead atoms. The Labute approximate surface area is 109 Å². The first kappa shape index (κ1) is 12.6. The number of rotatable bonds is 4. The van der Waals surface area contributed by atoms with Gasteiger partial charge in [0, 0.05) is 17.1 Å². The van der Waals surface area contributed by atoms with Crippen LogP contribution in [0.2, 0.25) is 0 Å². The molecule has 4 nitrogen and oxygen atoms in total. The number of nitrogens with one attached hydrogen (secondary N) is 1. The maximum Gasteiger partial charge on any atom is 0.250 e. The topological polar surface area (TPSA) is 51.1 Å². The van der Waals surface area contributed by atoms with Crippen molar-refractivity contribution in [2.24, 2.45) is 0 Å². The molecule has 0 spiro atoms. The minimum Gasteiger partial charge on any atom is -0.347 e. The highest BCUT2D eigenvalue weighted by Crippen LogP contribution is 2.17. The Morgan fingerprint density at radius 2 is 2.22 bits per heavy atom. The molecule has 1 atom stereocenters. The smallest absolute Gasteiger partial charge is 0.250 e. The summed E-state index contributed by atoms with van der Waals surface area (Å²) in [4.78, 5) is 24.4. The van der Waals surface area contributed by atoms with Gasteiger partial charge in [-0.2, -0.15) is 0 Å². The zero-order valence-electron chi connectivity index (χ0n) is 10.00. The highest BCUT2D eigenvalue weighted by Gasteiger charge is 2.10. The molecule has 0 aliphatic rings. The minimum atomic E-state index is -0.170. The van der Waals surface area contributed by atoms with E-state index in [-0.39, 0.29) is 24.1 Å². The summed E-state index contributed by atoms with van der Waals surface area (Å²) in [5.74, 6) is -0.163. The minimum absolute atomic E-state index is 0.0306. The van der Waals surface area contributed by atoms with Gasteiger partial charge in [-0.1, -0.05) is 12.1 Å². The molecule has 0 saturated carbocycles. The van der Waals surface area contributed by atoms with Crippen LogP contribution in [0, 0.1) is 0 Å². The molecule has 2 rings (SSSR count). The van der Waals surface area contributed by atoms with E-state index in [0.29, 0.717) is 0 Å². The first-order valence-electron chi connectivity index (χ1n) is 5.65. The predicted octanol–water partition coefficient (Wildman–Crippen LogP) is 1.79. The second-order valence-electron chi connectivity index (χ2n) is 3.97. The first-order valence-corrected chi connectivity index (χ1v) is 6.53. The summed E-state index contributed by atoms with van der Waals surface area (Å²) in [6.45, 7) is 1.98. The maximum atomic E-state index is 11.8. The van der Waals surface area contributed by atoms with E-state index in [0.717, 1.165) is 4.88 Å². The van der Waals surface area contributed by atoms with Crippen LogP contribution in [0.4, 0.5) is 0 Å². The van der Waals surface area contributed by atoms with Gasteiger partial charge < -0.3 is 9.88 Å². The molecule has 1 amide bonds. The number of hydrogen-bond acceptors (Lipinski definition) is 3. The molecule has 5 heteroatoms. The van der Waals surface area contributed by atoms with Gasteiger partial charge >= 0.3 is 0 Å². The van der Waals surface area contributed by atoms with E-state index in [2.05, 4.69) is 5.32 Å². The Balaban J connectivity index is 1.97. The molecule has 0 aromatic carbocycles. The van der Waals surface area contributed by atoms with Crippen molar-refractivity contribution in [2.45, 2.75) is 19.5 Å². The summed E-state index contributed by atoms with van der Waals surface area (Å²) in [6, 6.07) is 8.73. The Kier molecular flexibility index (Phi) is 3.94. The van der Waals surface area contributed by atoms with Crippen molar-refractivity contribution >= 4 is 17.2 Å². The lowest BCUT2D eigenvalue weighted by molar-refractivity contribution is -0.122. The zero-order chi connectivity index (χ0) is 13.0. The van der Waals surface area contributed by atoms with Crippen LogP contribution in [0.5, 0.6) is 0 Å². The molecular formula is C13H14N2O2S. The Bertz CT molecular complexity index is 575. The summed E-state index contributed by atoms with van der Waals surface area (Å²) >= 11 is 1.60. The predicted molar refractivity (Wildman–Crippen MR) is 71.6 cm³/mol. The lowest BCUT2D eigenvalue weighted by Gasteiger charge is -2.12. The van der Waals surface area contributed by atoms with Crippen LogP contribution in [0.15, 0.2) is 46.7 Å². The standard InChI is InChI=1S/C13H14N2O2S/c1-10(11-5-4-8-18-11)14-12(16)9-15-7-3-2-6-13(15)17/h2-8,10H,9H2,1H3,(H,14,16)/t10-/m0/s1. The van der Waals surface area contributed by atoms with E-state index in [1.165, 1.54) is 10.6 Å². The van der Waals surface area contributed by atoms with Crippen molar-refractivity contribution in [3.8, 4) is 0 Å². The van der Waals surface area contributed by atoms with E-state index >= 15 is 0 Å². The fourth-order valence-electron chi connectivity index (χ4n) is 1.64. The number of carbonyl (C=O) groups is 1. The third-order valence-corrected chi connectivity index (χ3v) is 3.62. The molecule has 94 valence electrons. The second-order valence-corrected chi connectivity index (χ2v) is 4.95. The first-order chi connectivity index (χ1) is 8.66. The number of aromatic nitrogens is 1. The fourth-order valence-corrected chi connectivity index (χ4v) is 2.38. The highest BCUT2D eigenvalue weighted by atomic mass is 32.1. The molecule has 0 aliphatic carbocycles. The van der Waals surface area contributed by atoms with Crippen LogP contribution in [0.25, 0.3) is 0 Å². The van der Waals surface area contributed by atoms with Crippen LogP contribution in [0.1, 0.15) is 17.8 Å². The number of nitrogens with zero attached hydrogens (tertiary/aromatic N) is 1. The normalized spacial score (nSPS) is 12.1. The Hall–Kier alpha value is -1.88. The quantitative estimate of drug-likeness (QED) is 0.913. The van der Waals surface area contributed by atoms with Gasteiger partial charge in [0.25, 0.3) is 5.56 Å². The van der Waals surface area contributed by atoms with Crippen molar-refractivity contribution in [3.63, 3.8) is 0 Å². The molecule has 2 aromatic heterocycles. The van der Waals surface area contributed by atoms with E-state index in [1.807, 2.05) is 24.4 Å². The molecule has 0 saturated heterocycles. The third-order valence-electron chi connectivity index (χ3n) is 2.56. The van der Waals surface area contributed by atoms with Gasteiger partial charge in [-0.05, 0) is 24.4 Å². The van der Waals surface area contributed by atoms with Gasteiger partial charge in [0.1, 0.15) is 6.54 Å². The third kappa shape index (κ3) is 3.07. The zero-order valence-corrected chi connectivity index (χ0v) is 10.8. The van der Waals surface area contributed by atoms with E-state index in [4.69, 9.17) is 0 Å². The monoisotopic (exact) mass is 262 g/mol. The van der Waals surface area contributed by atoms with E-state index in [9.17, 15) is 9.59 Å². The maximum absolute atomic E-state index is 11.8. The number of pyridine rings is 1. The van der Waals surface area contributed by atoms with Gasteiger partial charge in [0.05, 0.1) is 6.04 Å². The van der Waals surface area contributed by atoms with Crippen molar-refractivity contribution < 1.29 is 4.79 Å². The lowest BCUT2D eigenvalue weighted by Crippen LogP contribution is -2.33. The molecular weight excluding hydrogens is 248 g/mol. The number of thiophene rings is 1. The molecule has 0 unspecified atom stereocenters. The number of carbonyl (C=O) groups excluding carboxylic acids is 1. The van der Waals surface area contributed by atoms with Gasteiger partial charge in [-0.15, -0.1) is 11.3 Å². The summed E-state index contributed by atoms with van der Waals surface area (Å²) in [7, 11) is 0. The van der Waals surface area contributed by atoms with Crippen LogP contribution in [-0.4, -0.2) is 10.5 Å². The van der Waals surface area contributed by atoms with Crippen LogP contribution in [-0.2, 0) is 11.3 Å². The molecule has 1 N–H and O–H groups in total. The lowest BCUT2D eigenvalue weighted by atomic mass is 10.3. The van der Waals surface area contributed by atoms with Gasteiger partial charge in [-0.3, -0.25) is 9.59 Å². The molecule has 0 radical (unpaired) electrons. The van der Waals surface area contributed by atoms with Gasteiger partial charge in [0.15, 0.2) is 0 Å². The van der Waals surface area contributed by atoms with Crippen molar-refractivity contribution in [1.82, 2.24) is 9.88 Å². The van der Waals surface area contributed by atoms with Crippen LogP contribution >= 0.6 is 11.3 Å². The molecule has 0 fully saturated rings. The molecule has 0 aliphatic heterocycles. The average Bonchev–Trinajstić information content (AvgIpc) is 2.85. The molecule has 18 heavy (non-hydrogen) atoms. The average molecular weight is 262 g/mol. The largest absolute Gasteiger partial charge is 0.347 e.